The number of hydrogen-bond acceptors (Lipinski definition) is 4. The lowest BCUT2D eigenvalue weighted by Gasteiger charge is -2.06. The van der Waals surface area contributed by atoms with Crippen molar-refractivity contribution in [2.45, 2.75) is 20.8 Å². The van der Waals surface area contributed by atoms with Gasteiger partial charge < -0.3 is 4.98 Å². The van der Waals surface area contributed by atoms with Gasteiger partial charge in [-0.25, -0.2) is 9.66 Å². The lowest BCUT2D eigenvalue weighted by Crippen LogP contribution is -2.33. The van der Waals surface area contributed by atoms with Crippen LogP contribution in [0.25, 0.3) is 21.1 Å². The summed E-state index contributed by atoms with van der Waals surface area (Å²) in [6.07, 6.45) is 1.35. The zero-order chi connectivity index (χ0) is 17.7. The highest BCUT2D eigenvalue weighted by Gasteiger charge is 2.15. The van der Waals surface area contributed by atoms with Crippen LogP contribution in [0.15, 0.2) is 35.4 Å². The summed E-state index contributed by atoms with van der Waals surface area (Å²) in [6, 6.07) is 7.68. The number of carbonyl (C=O) groups excluding carboxylic acids is 1. The molecule has 6 nitrogen and oxygen atoms in total. The second-order valence-electron chi connectivity index (χ2n) is 6.10. The van der Waals surface area contributed by atoms with Crippen LogP contribution in [0.1, 0.15) is 26.5 Å². The van der Waals surface area contributed by atoms with Gasteiger partial charge in [-0.3, -0.25) is 15.0 Å². The molecule has 0 atom stereocenters. The number of thiophene rings is 1. The van der Waals surface area contributed by atoms with Crippen molar-refractivity contribution in [3.63, 3.8) is 0 Å². The minimum Gasteiger partial charge on any atom is -0.350 e. The number of fused-ring (bicyclic) bond motifs is 2. The number of H-pyrrole nitrogens is 1. The van der Waals surface area contributed by atoms with Crippen LogP contribution in [0.5, 0.6) is 0 Å². The summed E-state index contributed by atoms with van der Waals surface area (Å²) in [4.78, 5) is 34.3. The Morgan fingerprint density at radius 3 is 2.84 bits per heavy atom. The van der Waals surface area contributed by atoms with Crippen molar-refractivity contribution in [2.24, 2.45) is 0 Å². The molecule has 4 rings (SSSR count). The molecule has 3 heterocycles. The number of carbonyl (C=O) groups is 1. The molecule has 4 aromatic rings. The molecule has 0 saturated heterocycles. The van der Waals surface area contributed by atoms with Crippen molar-refractivity contribution in [1.29, 1.82) is 0 Å². The molecule has 0 aliphatic carbocycles. The second-order valence-corrected chi connectivity index (χ2v) is 7.30. The number of benzene rings is 1. The molecule has 126 valence electrons. The first-order valence-corrected chi connectivity index (χ1v) is 8.64. The van der Waals surface area contributed by atoms with E-state index in [-0.39, 0.29) is 11.5 Å². The normalized spacial score (nSPS) is 11.3. The van der Waals surface area contributed by atoms with Gasteiger partial charge in [0.15, 0.2) is 0 Å². The Hall–Kier alpha value is -2.93. The molecule has 0 aliphatic heterocycles. The number of aromatic nitrogens is 3. The van der Waals surface area contributed by atoms with E-state index in [9.17, 15) is 9.59 Å². The van der Waals surface area contributed by atoms with Crippen molar-refractivity contribution < 1.29 is 4.79 Å². The maximum atomic E-state index is 12.7. The van der Waals surface area contributed by atoms with E-state index in [1.54, 1.807) is 6.07 Å². The summed E-state index contributed by atoms with van der Waals surface area (Å²) >= 11 is 1.48. The topological polar surface area (TPSA) is 79.8 Å². The summed E-state index contributed by atoms with van der Waals surface area (Å²) in [5.74, 6) is -0.387. The zero-order valence-electron chi connectivity index (χ0n) is 14.0. The third-order valence-corrected chi connectivity index (χ3v) is 5.45. The molecule has 0 unspecified atom stereocenters. The van der Waals surface area contributed by atoms with E-state index in [0.717, 1.165) is 31.6 Å². The van der Waals surface area contributed by atoms with Crippen molar-refractivity contribution in [3.05, 3.63) is 62.6 Å². The molecule has 3 aromatic heterocycles. The predicted molar refractivity (Wildman–Crippen MR) is 100 cm³/mol. The smallest absolute Gasteiger partial charge is 0.286 e. The fraction of sp³-hybridized carbons (Fsp3) is 0.167. The highest BCUT2D eigenvalue weighted by molar-refractivity contribution is 7.18. The minimum atomic E-state index is -0.387. The SMILES string of the molecule is Cc1ccc2cc(C(=O)Nn3cnc4sc(C)c(C)c4c3=O)[nH]c2c1. The van der Waals surface area contributed by atoms with Crippen LogP contribution in [0, 0.1) is 20.8 Å². The molecule has 0 bridgehead atoms. The lowest BCUT2D eigenvalue weighted by molar-refractivity contribution is 0.100. The Morgan fingerprint density at radius 2 is 2.04 bits per heavy atom. The van der Waals surface area contributed by atoms with Gasteiger partial charge in [-0.15, -0.1) is 11.3 Å². The van der Waals surface area contributed by atoms with Gasteiger partial charge in [-0.2, -0.15) is 0 Å². The summed E-state index contributed by atoms with van der Waals surface area (Å²) < 4.78 is 1.14. The maximum absolute atomic E-state index is 12.7. The molecule has 25 heavy (non-hydrogen) atoms. The Balaban J connectivity index is 1.72. The van der Waals surface area contributed by atoms with Crippen LogP contribution in [-0.4, -0.2) is 20.6 Å². The average molecular weight is 352 g/mol. The minimum absolute atomic E-state index is 0.271. The van der Waals surface area contributed by atoms with Crippen molar-refractivity contribution in [1.82, 2.24) is 14.6 Å². The Morgan fingerprint density at radius 1 is 1.24 bits per heavy atom. The van der Waals surface area contributed by atoms with Crippen LogP contribution >= 0.6 is 11.3 Å². The zero-order valence-corrected chi connectivity index (χ0v) is 14.8. The van der Waals surface area contributed by atoms with Gasteiger partial charge >= 0.3 is 0 Å². The highest BCUT2D eigenvalue weighted by Crippen LogP contribution is 2.25. The molecule has 0 aliphatic rings. The maximum Gasteiger partial charge on any atom is 0.286 e. The first-order chi connectivity index (χ1) is 11.9. The first-order valence-electron chi connectivity index (χ1n) is 7.82. The monoisotopic (exact) mass is 352 g/mol. The summed E-state index contributed by atoms with van der Waals surface area (Å²) in [5, 5.41) is 1.50. The van der Waals surface area contributed by atoms with E-state index >= 15 is 0 Å². The van der Waals surface area contributed by atoms with E-state index in [0.29, 0.717) is 15.9 Å². The highest BCUT2D eigenvalue weighted by atomic mass is 32.1. The molecule has 1 aromatic carbocycles. The Kier molecular flexibility index (Phi) is 3.47. The Labute approximate surface area is 147 Å². The molecule has 1 amide bonds. The van der Waals surface area contributed by atoms with Gasteiger partial charge in [-0.05, 0) is 44.0 Å². The van der Waals surface area contributed by atoms with E-state index in [1.165, 1.54) is 17.7 Å². The van der Waals surface area contributed by atoms with Gasteiger partial charge in [0, 0.05) is 15.8 Å². The van der Waals surface area contributed by atoms with Crippen molar-refractivity contribution in [2.75, 3.05) is 5.43 Å². The van der Waals surface area contributed by atoms with Crippen molar-refractivity contribution in [3.8, 4) is 0 Å². The van der Waals surface area contributed by atoms with Gasteiger partial charge in [-0.1, -0.05) is 12.1 Å². The quantitative estimate of drug-likeness (QED) is 0.581. The summed E-state index contributed by atoms with van der Waals surface area (Å²) in [6.45, 7) is 5.84. The van der Waals surface area contributed by atoms with Gasteiger partial charge in [0.05, 0.1) is 5.39 Å². The third-order valence-electron chi connectivity index (χ3n) is 4.33. The number of amides is 1. The van der Waals surface area contributed by atoms with Crippen molar-refractivity contribution >= 4 is 38.4 Å². The molecule has 7 heteroatoms. The van der Waals surface area contributed by atoms with Gasteiger partial charge in [0.2, 0.25) is 0 Å². The Bertz CT molecular complexity index is 1200. The summed E-state index contributed by atoms with van der Waals surface area (Å²) in [7, 11) is 0. The average Bonchev–Trinajstić information content (AvgIpc) is 3.11. The lowest BCUT2D eigenvalue weighted by atomic mass is 10.2. The van der Waals surface area contributed by atoms with Gasteiger partial charge in [0.25, 0.3) is 11.5 Å². The molecule has 0 saturated carbocycles. The molecule has 0 spiro atoms. The predicted octanol–water partition coefficient (Wildman–Crippen LogP) is 3.25. The standard InChI is InChI=1S/C18H16N4O2S/c1-9-4-5-12-7-14(20-13(12)6-9)16(23)21-22-8-19-17-15(18(22)24)10(2)11(3)25-17/h4-8,20H,1-3H3,(H,21,23). The van der Waals surface area contributed by atoms with Crippen LogP contribution in [0.2, 0.25) is 0 Å². The van der Waals surface area contributed by atoms with Crippen LogP contribution in [0.4, 0.5) is 0 Å². The second kappa shape index (κ2) is 5.56. The number of nitrogens with zero attached hydrogens (tertiary/aromatic N) is 2. The number of rotatable bonds is 2. The molecular weight excluding hydrogens is 336 g/mol. The number of nitrogens with one attached hydrogen (secondary N) is 2. The molecular formula is C18H16N4O2S. The van der Waals surface area contributed by atoms with Crippen LogP contribution in [0.3, 0.4) is 0 Å². The molecule has 2 N–H and O–H groups in total. The molecule has 0 fully saturated rings. The number of hydrogen-bond donors (Lipinski definition) is 2. The van der Waals surface area contributed by atoms with E-state index in [2.05, 4.69) is 15.4 Å². The fourth-order valence-electron chi connectivity index (χ4n) is 2.85. The van der Waals surface area contributed by atoms with Crippen LogP contribution in [-0.2, 0) is 0 Å². The summed E-state index contributed by atoms with van der Waals surface area (Å²) in [5.41, 5.74) is 5.63. The fourth-order valence-corrected chi connectivity index (χ4v) is 3.83. The number of aromatic amines is 1. The first kappa shape index (κ1) is 15.6. The number of aryl methyl sites for hydroxylation is 3. The van der Waals surface area contributed by atoms with E-state index < -0.39 is 0 Å². The van der Waals surface area contributed by atoms with Crippen LogP contribution < -0.4 is 11.0 Å². The van der Waals surface area contributed by atoms with E-state index in [1.807, 2.05) is 39.0 Å². The van der Waals surface area contributed by atoms with E-state index in [4.69, 9.17) is 0 Å². The van der Waals surface area contributed by atoms with Gasteiger partial charge in [0.1, 0.15) is 16.9 Å². The largest absolute Gasteiger partial charge is 0.350 e. The third kappa shape index (κ3) is 2.53. The molecule has 0 radical (unpaired) electrons.